The molecule has 15 nitrogen and oxygen atoms in total. The Kier molecular flexibility index (Phi) is 13.0. The van der Waals surface area contributed by atoms with Gasteiger partial charge in [-0.25, -0.2) is 0 Å². The highest BCUT2D eigenvalue weighted by atomic mass is 28.4. The highest BCUT2D eigenvalue weighted by Gasteiger charge is 2.67. The number of aliphatic hydroxyl groups is 1. The summed E-state index contributed by atoms with van der Waals surface area (Å²) in [6.07, 6.45) is 4.23. The number of nitrogens with zero attached hydrogens (tertiary/aromatic N) is 8. The standard InChI is InChI=1S/C59H67FN10O5Si/c1-41-53(76(2,3)60)52(25-34-65-37-50(63-64-65)48(38-71)43-13-7-4-8-14-43)75-59(41)49-35-47(68-40-70(46-17-11-6-12-18-46)58(55(68)73)28-32-62-33-29-58)23-24-51(49)66(56(59)74)36-42-19-21-44(22-20-42)67-39-69(45-15-9-5-10-16-45)57(54(67)72)26-30-61-31-27-57/h4-24,35,37,41,48,52-53,61-62,71H,25-34,36,38-40H2,1-3H3/t41-,48?,52+,53-,59+/m0/s1. The summed E-state index contributed by atoms with van der Waals surface area (Å²) in [6.45, 7) is 9.46. The van der Waals surface area contributed by atoms with Crippen LogP contribution in [-0.2, 0) is 37.8 Å². The number of hydrogen-bond acceptors (Lipinski definition) is 11. The maximum atomic E-state index is 17.2. The molecule has 3 spiro atoms. The molecule has 394 valence electrons. The van der Waals surface area contributed by atoms with Crippen molar-refractivity contribution in [1.82, 2.24) is 25.6 Å². The van der Waals surface area contributed by atoms with Crippen LogP contribution >= 0.6 is 0 Å². The number of ether oxygens (including phenoxy) is 1. The van der Waals surface area contributed by atoms with Crippen LogP contribution < -0.4 is 35.1 Å². The van der Waals surface area contributed by atoms with Crippen molar-refractivity contribution in [3.8, 4) is 0 Å². The van der Waals surface area contributed by atoms with Gasteiger partial charge in [0.05, 0.1) is 49.9 Å². The summed E-state index contributed by atoms with van der Waals surface area (Å²) in [6, 6.07) is 43.7. The van der Waals surface area contributed by atoms with Crippen LogP contribution in [0.5, 0.6) is 0 Å². The van der Waals surface area contributed by atoms with Crippen LogP contribution in [0.15, 0.2) is 140 Å². The van der Waals surface area contributed by atoms with Crippen LogP contribution in [0.3, 0.4) is 0 Å². The van der Waals surface area contributed by atoms with Crippen molar-refractivity contribution < 1.29 is 28.3 Å². The highest BCUT2D eigenvalue weighted by Crippen LogP contribution is 2.61. The second-order valence-corrected chi connectivity index (χ2v) is 26.0. The third-order valence-electron chi connectivity index (χ3n) is 17.7. The van der Waals surface area contributed by atoms with E-state index in [-0.39, 0.29) is 36.8 Å². The van der Waals surface area contributed by atoms with Crippen molar-refractivity contribution in [2.75, 3.05) is 70.6 Å². The van der Waals surface area contributed by atoms with Crippen LogP contribution in [0.2, 0.25) is 18.6 Å². The van der Waals surface area contributed by atoms with E-state index in [0.29, 0.717) is 87.7 Å². The normalized spacial score (nSPS) is 24.5. The minimum Gasteiger partial charge on any atom is -0.395 e. The number of para-hydroxylation sites is 2. The summed E-state index contributed by atoms with van der Waals surface area (Å²) in [5, 5.41) is 26.2. The van der Waals surface area contributed by atoms with E-state index in [1.807, 2.05) is 132 Å². The Balaban J connectivity index is 0.884. The minimum absolute atomic E-state index is 0.0129. The van der Waals surface area contributed by atoms with Gasteiger partial charge >= 0.3 is 0 Å². The smallest absolute Gasteiger partial charge is 0.264 e. The maximum absolute atomic E-state index is 17.2. The van der Waals surface area contributed by atoms with E-state index in [9.17, 15) is 9.90 Å². The first kappa shape index (κ1) is 50.1. The molecule has 12 rings (SSSR count). The molecule has 5 atom stereocenters. The molecular formula is C59H67FN10O5Si. The molecular weight excluding hydrogens is 976 g/mol. The number of nitrogens with one attached hydrogen (secondary N) is 2. The van der Waals surface area contributed by atoms with Crippen molar-refractivity contribution in [3.63, 3.8) is 0 Å². The summed E-state index contributed by atoms with van der Waals surface area (Å²) in [5.41, 5.74) is 3.57. The molecule has 0 bridgehead atoms. The summed E-state index contributed by atoms with van der Waals surface area (Å²) >= 11 is 0. The average molecular weight is 1040 g/mol. The molecule has 6 aromatic rings. The number of aliphatic hydroxyl groups excluding tert-OH is 1. The van der Waals surface area contributed by atoms with Crippen LogP contribution in [0.4, 0.5) is 32.5 Å². The minimum atomic E-state index is -3.57. The second kappa shape index (κ2) is 19.7. The predicted molar refractivity (Wildman–Crippen MR) is 294 cm³/mol. The number of amides is 3. The zero-order valence-electron chi connectivity index (χ0n) is 43.5. The summed E-state index contributed by atoms with van der Waals surface area (Å²) in [4.78, 5) is 55.5. The number of fused-ring (bicyclic) bond motifs is 2. The Labute approximate surface area is 444 Å². The molecule has 3 amide bonds. The molecule has 0 aliphatic carbocycles. The van der Waals surface area contributed by atoms with E-state index in [2.05, 4.69) is 55.0 Å². The van der Waals surface area contributed by atoms with Gasteiger partial charge in [-0.15, -0.1) is 5.10 Å². The Bertz CT molecular complexity index is 3100. The molecule has 6 aliphatic rings. The van der Waals surface area contributed by atoms with E-state index >= 15 is 13.7 Å². The lowest BCUT2D eigenvalue weighted by Gasteiger charge is -2.39. The average Bonchev–Trinajstić information content (AvgIpc) is 4.43. The molecule has 76 heavy (non-hydrogen) atoms. The molecule has 1 aromatic heterocycles. The zero-order chi connectivity index (χ0) is 52.4. The van der Waals surface area contributed by atoms with Crippen LogP contribution in [0.25, 0.3) is 0 Å². The molecule has 0 saturated carbocycles. The lowest BCUT2D eigenvalue weighted by Crippen LogP contribution is -2.55. The lowest BCUT2D eigenvalue weighted by molar-refractivity contribution is -0.146. The number of rotatable bonds is 13. The van der Waals surface area contributed by atoms with Crippen molar-refractivity contribution in [2.45, 2.75) is 99.5 Å². The monoisotopic (exact) mass is 1040 g/mol. The van der Waals surface area contributed by atoms with Gasteiger partial charge in [-0.1, -0.05) is 91.0 Å². The largest absolute Gasteiger partial charge is 0.395 e. The number of carbonyl (C=O) groups is 3. The highest BCUT2D eigenvalue weighted by molar-refractivity contribution is 6.72. The second-order valence-electron chi connectivity index (χ2n) is 22.2. The van der Waals surface area contributed by atoms with E-state index in [0.717, 1.165) is 41.3 Å². The first-order valence-electron chi connectivity index (χ1n) is 27.0. The van der Waals surface area contributed by atoms with Crippen molar-refractivity contribution in [1.29, 1.82) is 0 Å². The number of benzene rings is 5. The number of carbonyl (C=O) groups excluding carboxylic acids is 3. The summed E-state index contributed by atoms with van der Waals surface area (Å²) in [5.74, 6) is -1.11. The van der Waals surface area contributed by atoms with E-state index in [1.165, 1.54) is 0 Å². The van der Waals surface area contributed by atoms with Gasteiger partial charge in [0, 0.05) is 52.5 Å². The van der Waals surface area contributed by atoms with Crippen molar-refractivity contribution in [3.05, 3.63) is 162 Å². The molecule has 5 aromatic carbocycles. The van der Waals surface area contributed by atoms with Crippen LogP contribution in [0.1, 0.15) is 67.3 Å². The van der Waals surface area contributed by atoms with E-state index in [1.54, 1.807) is 22.7 Å². The fraction of sp³-hybridized carbons (Fsp3) is 0.407. The van der Waals surface area contributed by atoms with E-state index in [4.69, 9.17) is 4.74 Å². The van der Waals surface area contributed by atoms with Crippen LogP contribution in [0, 0.1) is 5.92 Å². The number of aryl methyl sites for hydroxylation is 1. The Morgan fingerprint density at radius 2 is 1.25 bits per heavy atom. The molecule has 3 N–H and O–H groups in total. The van der Waals surface area contributed by atoms with Crippen LogP contribution in [-0.4, -0.2) is 110 Å². The number of anilines is 5. The molecule has 17 heteroatoms. The number of hydrogen-bond donors (Lipinski definition) is 3. The Morgan fingerprint density at radius 1 is 0.711 bits per heavy atom. The van der Waals surface area contributed by atoms with Gasteiger partial charge in [-0.2, -0.15) is 0 Å². The molecule has 6 aliphatic heterocycles. The number of halogens is 1. The SMILES string of the molecule is C[C@H]1[C@H]([Si](C)(C)F)[C@@H](CCn2cc(C(CO)c3ccccc3)nn2)O[C@]12C(=O)N(Cc1ccc(N3CN(c4ccccc4)C4(CCNCC4)C3=O)cc1)c1ccc(N3CN(c4ccccc4)C4(CCNCC4)C3=O)cc12. The summed E-state index contributed by atoms with van der Waals surface area (Å²) in [7, 11) is -3.57. The topological polar surface area (TPSA) is 152 Å². The Morgan fingerprint density at radius 3 is 1.80 bits per heavy atom. The zero-order valence-corrected chi connectivity index (χ0v) is 44.5. The lowest BCUT2D eigenvalue weighted by atomic mass is 9.82. The van der Waals surface area contributed by atoms with Gasteiger partial charge in [-0.3, -0.25) is 28.9 Å². The van der Waals surface area contributed by atoms with Gasteiger partial charge in [-0.05, 0) is 137 Å². The number of piperidine rings is 2. The first-order chi connectivity index (χ1) is 36.9. The molecule has 1 unspecified atom stereocenters. The van der Waals surface area contributed by atoms with Gasteiger partial charge < -0.3 is 39.3 Å². The Hall–Kier alpha value is -6.76. The molecule has 5 fully saturated rings. The first-order valence-corrected chi connectivity index (χ1v) is 30.0. The predicted octanol–water partition coefficient (Wildman–Crippen LogP) is 7.68. The quantitative estimate of drug-likeness (QED) is 0.0772. The van der Waals surface area contributed by atoms with Crippen molar-refractivity contribution in [2.24, 2.45) is 5.92 Å². The maximum Gasteiger partial charge on any atom is 0.264 e. The molecule has 5 saturated heterocycles. The summed E-state index contributed by atoms with van der Waals surface area (Å²) < 4.78 is 26.3. The molecule has 0 radical (unpaired) electrons. The third-order valence-corrected chi connectivity index (χ3v) is 20.1. The van der Waals surface area contributed by atoms with Gasteiger partial charge in [0.1, 0.15) is 11.1 Å². The van der Waals surface area contributed by atoms with E-state index < -0.39 is 42.6 Å². The number of aromatic nitrogens is 3. The van der Waals surface area contributed by atoms with Gasteiger partial charge in [0.15, 0.2) is 5.60 Å². The van der Waals surface area contributed by atoms with Gasteiger partial charge in [0.2, 0.25) is 8.41 Å². The van der Waals surface area contributed by atoms with Gasteiger partial charge in [0.25, 0.3) is 17.7 Å². The fourth-order valence-corrected chi connectivity index (χ4v) is 16.4. The van der Waals surface area contributed by atoms with Crippen molar-refractivity contribution >= 4 is 54.6 Å². The third kappa shape index (κ3) is 8.24. The fourth-order valence-electron chi connectivity index (χ4n) is 13.8. The molecule has 7 heterocycles.